The lowest BCUT2D eigenvalue weighted by Gasteiger charge is -2.05. The summed E-state index contributed by atoms with van der Waals surface area (Å²) >= 11 is 0. The topological polar surface area (TPSA) is 72.5 Å². The highest BCUT2D eigenvalue weighted by Crippen LogP contribution is 2.19. The molecule has 0 unspecified atom stereocenters. The highest BCUT2D eigenvalue weighted by molar-refractivity contribution is 5.94. The molecule has 0 fully saturated rings. The van der Waals surface area contributed by atoms with Crippen LogP contribution in [0.2, 0.25) is 0 Å². The third-order valence-electron chi connectivity index (χ3n) is 1.57. The molecule has 0 aromatic heterocycles. The molecule has 1 aromatic carbocycles. The predicted molar refractivity (Wildman–Crippen MR) is 56.2 cm³/mol. The van der Waals surface area contributed by atoms with Crippen LogP contribution < -0.4 is 10.5 Å². The van der Waals surface area contributed by atoms with Gasteiger partial charge in [0.05, 0.1) is 12.2 Å². The number of hydrogen-bond acceptors (Lipinski definition) is 3. The van der Waals surface area contributed by atoms with E-state index in [1.165, 1.54) is 12.1 Å². The van der Waals surface area contributed by atoms with Gasteiger partial charge in [0.2, 0.25) is 0 Å². The molecular weight excluding hydrogens is 206 g/mol. The minimum Gasteiger partial charge on any atom is -0.494 e. The van der Waals surface area contributed by atoms with Crippen LogP contribution in [-0.2, 0) is 0 Å². The zero-order chi connectivity index (χ0) is 9.84. The number of aromatic carboxylic acids is 1. The Balaban J connectivity index is 0.00000169. The molecule has 0 bridgehead atoms. The molecule has 0 atom stereocenters. The number of nitrogens with two attached hydrogens (primary N) is 1. The highest BCUT2D eigenvalue weighted by atomic mass is 35.5. The van der Waals surface area contributed by atoms with E-state index in [1.54, 1.807) is 6.07 Å². The molecule has 4 nitrogen and oxygen atoms in total. The van der Waals surface area contributed by atoms with Crippen molar-refractivity contribution in [3.8, 4) is 5.75 Å². The number of benzene rings is 1. The molecule has 0 saturated heterocycles. The molecule has 1 rings (SSSR count). The van der Waals surface area contributed by atoms with E-state index in [4.69, 9.17) is 15.6 Å². The summed E-state index contributed by atoms with van der Waals surface area (Å²) in [7, 11) is 0. The first-order valence-corrected chi connectivity index (χ1v) is 3.90. The van der Waals surface area contributed by atoms with Gasteiger partial charge in [-0.1, -0.05) is 0 Å². The predicted octanol–water partition coefficient (Wildman–Crippen LogP) is 1.79. The number of anilines is 1. The number of hydrogen-bond donors (Lipinski definition) is 2. The molecule has 0 heterocycles. The Morgan fingerprint density at radius 2 is 2.21 bits per heavy atom. The maximum absolute atomic E-state index is 10.6. The Morgan fingerprint density at radius 1 is 1.57 bits per heavy atom. The van der Waals surface area contributed by atoms with Gasteiger partial charge in [-0.2, -0.15) is 0 Å². The summed E-state index contributed by atoms with van der Waals surface area (Å²) in [5.41, 5.74) is 5.77. The molecule has 0 amide bonds. The monoisotopic (exact) mass is 217 g/mol. The van der Waals surface area contributed by atoms with E-state index in [0.29, 0.717) is 12.4 Å². The lowest BCUT2D eigenvalue weighted by molar-refractivity contribution is 0.0697. The Bertz CT molecular complexity index is 328. The second kappa shape index (κ2) is 5.34. The third kappa shape index (κ3) is 2.81. The smallest absolute Gasteiger partial charge is 0.337 e. The van der Waals surface area contributed by atoms with E-state index in [2.05, 4.69) is 0 Å². The van der Waals surface area contributed by atoms with Crippen molar-refractivity contribution in [2.75, 3.05) is 12.3 Å². The second-order valence-corrected chi connectivity index (χ2v) is 2.49. The molecule has 0 aliphatic carbocycles. The molecule has 0 saturated carbocycles. The van der Waals surface area contributed by atoms with Crippen LogP contribution in [0, 0.1) is 0 Å². The van der Waals surface area contributed by atoms with E-state index in [0.717, 1.165) is 0 Å². The minimum absolute atomic E-state index is 0. The quantitative estimate of drug-likeness (QED) is 0.758. The number of rotatable bonds is 3. The van der Waals surface area contributed by atoms with Gasteiger partial charge < -0.3 is 15.6 Å². The van der Waals surface area contributed by atoms with Gasteiger partial charge in [0.1, 0.15) is 5.75 Å². The first-order chi connectivity index (χ1) is 6.15. The van der Waals surface area contributed by atoms with Crippen LogP contribution in [0.4, 0.5) is 5.69 Å². The van der Waals surface area contributed by atoms with Gasteiger partial charge in [-0.05, 0) is 25.1 Å². The summed E-state index contributed by atoms with van der Waals surface area (Å²) < 4.78 is 5.13. The SMILES string of the molecule is CCOc1ccc(N)c(C(=O)O)c1.Cl. The van der Waals surface area contributed by atoms with Crippen molar-refractivity contribution in [1.82, 2.24) is 0 Å². The van der Waals surface area contributed by atoms with Gasteiger partial charge in [0, 0.05) is 5.69 Å². The first-order valence-electron chi connectivity index (χ1n) is 3.90. The Hall–Kier alpha value is -1.42. The zero-order valence-electron chi connectivity index (χ0n) is 7.69. The first kappa shape index (κ1) is 12.6. The third-order valence-corrected chi connectivity index (χ3v) is 1.57. The molecule has 0 aliphatic heterocycles. The van der Waals surface area contributed by atoms with Crippen LogP contribution in [0.1, 0.15) is 17.3 Å². The summed E-state index contributed by atoms with van der Waals surface area (Å²) in [5.74, 6) is -0.520. The van der Waals surface area contributed by atoms with Gasteiger partial charge in [0.15, 0.2) is 0 Å². The van der Waals surface area contributed by atoms with Crippen molar-refractivity contribution in [1.29, 1.82) is 0 Å². The fourth-order valence-corrected chi connectivity index (χ4v) is 0.977. The normalized spacial score (nSPS) is 8.93. The Labute approximate surface area is 88.1 Å². The number of halogens is 1. The molecule has 78 valence electrons. The molecule has 0 radical (unpaired) electrons. The lowest BCUT2D eigenvalue weighted by atomic mass is 10.2. The fraction of sp³-hybridized carbons (Fsp3) is 0.222. The Morgan fingerprint density at radius 3 is 2.71 bits per heavy atom. The van der Waals surface area contributed by atoms with Gasteiger partial charge >= 0.3 is 5.97 Å². The number of carboxylic acid groups (broad SMARTS) is 1. The largest absolute Gasteiger partial charge is 0.494 e. The molecular formula is C9H12ClNO3. The van der Waals surface area contributed by atoms with Crippen LogP contribution >= 0.6 is 12.4 Å². The van der Waals surface area contributed by atoms with Crippen molar-refractivity contribution in [2.45, 2.75) is 6.92 Å². The number of carboxylic acids is 1. The number of nitrogen functional groups attached to an aromatic ring is 1. The highest BCUT2D eigenvalue weighted by Gasteiger charge is 2.08. The molecule has 0 spiro atoms. The van der Waals surface area contributed by atoms with Crippen molar-refractivity contribution < 1.29 is 14.6 Å². The van der Waals surface area contributed by atoms with Gasteiger partial charge in [-0.3, -0.25) is 0 Å². The minimum atomic E-state index is -1.04. The fourth-order valence-electron chi connectivity index (χ4n) is 0.977. The zero-order valence-corrected chi connectivity index (χ0v) is 8.50. The number of carbonyl (C=O) groups is 1. The average molecular weight is 218 g/mol. The van der Waals surface area contributed by atoms with Crippen molar-refractivity contribution in [3.05, 3.63) is 23.8 Å². The maximum Gasteiger partial charge on any atom is 0.337 e. The lowest BCUT2D eigenvalue weighted by Crippen LogP contribution is -2.03. The summed E-state index contributed by atoms with van der Waals surface area (Å²) in [4.78, 5) is 10.6. The van der Waals surface area contributed by atoms with Crippen LogP contribution in [0.15, 0.2) is 18.2 Å². The molecule has 5 heteroatoms. The van der Waals surface area contributed by atoms with Crippen LogP contribution in [0.5, 0.6) is 5.75 Å². The second-order valence-electron chi connectivity index (χ2n) is 2.49. The van der Waals surface area contributed by atoms with Crippen molar-refractivity contribution in [2.24, 2.45) is 0 Å². The summed E-state index contributed by atoms with van der Waals surface area (Å²) in [6, 6.07) is 4.58. The summed E-state index contributed by atoms with van der Waals surface area (Å²) in [6.07, 6.45) is 0. The number of ether oxygens (including phenoxy) is 1. The van der Waals surface area contributed by atoms with Gasteiger partial charge in [-0.15, -0.1) is 12.4 Å². The van der Waals surface area contributed by atoms with Crippen LogP contribution in [-0.4, -0.2) is 17.7 Å². The van der Waals surface area contributed by atoms with Crippen LogP contribution in [0.25, 0.3) is 0 Å². The summed E-state index contributed by atoms with van der Waals surface area (Å²) in [6.45, 7) is 2.33. The molecule has 1 aromatic rings. The van der Waals surface area contributed by atoms with E-state index in [1.807, 2.05) is 6.92 Å². The molecule has 3 N–H and O–H groups in total. The summed E-state index contributed by atoms with van der Waals surface area (Å²) in [5, 5.41) is 8.72. The Kier molecular flexibility index (Phi) is 4.80. The standard InChI is InChI=1S/C9H11NO3.ClH/c1-2-13-6-3-4-8(10)7(5-6)9(11)12;/h3-5H,2,10H2,1H3,(H,11,12);1H. The maximum atomic E-state index is 10.6. The van der Waals surface area contributed by atoms with Crippen molar-refractivity contribution in [3.63, 3.8) is 0 Å². The van der Waals surface area contributed by atoms with E-state index >= 15 is 0 Å². The average Bonchev–Trinajstić information content (AvgIpc) is 2.08. The van der Waals surface area contributed by atoms with E-state index < -0.39 is 5.97 Å². The van der Waals surface area contributed by atoms with Gasteiger partial charge in [-0.25, -0.2) is 4.79 Å². The molecule has 0 aliphatic rings. The molecule has 14 heavy (non-hydrogen) atoms. The van der Waals surface area contributed by atoms with Gasteiger partial charge in [0.25, 0.3) is 0 Å². The van der Waals surface area contributed by atoms with E-state index in [-0.39, 0.29) is 23.7 Å². The van der Waals surface area contributed by atoms with E-state index in [9.17, 15) is 4.79 Å². The van der Waals surface area contributed by atoms with Crippen LogP contribution in [0.3, 0.4) is 0 Å². The van der Waals surface area contributed by atoms with Crippen molar-refractivity contribution >= 4 is 24.1 Å².